The summed E-state index contributed by atoms with van der Waals surface area (Å²) in [4.78, 5) is 21.0. The standard InChI is InChI=1S/C20H18ClFN4O/c1-12-15(21)7-5-9-17(12)26-20(27)18-10-19(25-13(2)24-18)23-11-14-6-3-4-8-16(14)22/h3-10H,11H2,1-2H3,(H,26,27)(H,23,24,25). The van der Waals surface area contributed by atoms with Gasteiger partial charge in [-0.05, 0) is 37.6 Å². The number of benzene rings is 2. The van der Waals surface area contributed by atoms with Crippen molar-refractivity contribution in [1.82, 2.24) is 9.97 Å². The summed E-state index contributed by atoms with van der Waals surface area (Å²) in [5, 5.41) is 6.40. The fourth-order valence-electron chi connectivity index (χ4n) is 2.53. The Morgan fingerprint density at radius 2 is 1.89 bits per heavy atom. The van der Waals surface area contributed by atoms with Gasteiger partial charge in [0.1, 0.15) is 23.2 Å². The molecule has 2 aromatic carbocycles. The molecular formula is C20H18ClFN4O. The number of amides is 1. The van der Waals surface area contributed by atoms with E-state index >= 15 is 0 Å². The van der Waals surface area contributed by atoms with Gasteiger partial charge in [-0.2, -0.15) is 0 Å². The summed E-state index contributed by atoms with van der Waals surface area (Å²) in [6.07, 6.45) is 0. The van der Waals surface area contributed by atoms with Gasteiger partial charge in [-0.25, -0.2) is 14.4 Å². The van der Waals surface area contributed by atoms with Gasteiger partial charge >= 0.3 is 0 Å². The van der Waals surface area contributed by atoms with Crippen LogP contribution in [0.4, 0.5) is 15.9 Å². The molecule has 0 aliphatic heterocycles. The second-order valence-corrected chi connectivity index (χ2v) is 6.40. The van der Waals surface area contributed by atoms with Crippen LogP contribution >= 0.6 is 11.6 Å². The van der Waals surface area contributed by atoms with Gasteiger partial charge in [0, 0.05) is 28.9 Å². The van der Waals surface area contributed by atoms with Crippen LogP contribution in [0.15, 0.2) is 48.5 Å². The molecule has 138 valence electrons. The molecule has 0 aliphatic carbocycles. The molecule has 0 radical (unpaired) electrons. The van der Waals surface area contributed by atoms with Crippen LogP contribution in [-0.4, -0.2) is 15.9 Å². The lowest BCUT2D eigenvalue weighted by molar-refractivity contribution is 0.102. The smallest absolute Gasteiger partial charge is 0.274 e. The molecule has 1 aromatic heterocycles. The highest BCUT2D eigenvalue weighted by molar-refractivity contribution is 6.31. The first-order valence-electron chi connectivity index (χ1n) is 8.33. The van der Waals surface area contributed by atoms with E-state index in [-0.39, 0.29) is 24.0 Å². The zero-order valence-corrected chi connectivity index (χ0v) is 15.6. The van der Waals surface area contributed by atoms with Crippen LogP contribution in [0, 0.1) is 19.7 Å². The molecular weight excluding hydrogens is 367 g/mol. The third-order valence-corrected chi connectivity index (χ3v) is 4.41. The molecule has 0 aliphatic rings. The van der Waals surface area contributed by atoms with Gasteiger partial charge in [0.2, 0.25) is 0 Å². The molecule has 0 bridgehead atoms. The first-order chi connectivity index (χ1) is 12.9. The van der Waals surface area contributed by atoms with E-state index in [4.69, 9.17) is 11.6 Å². The van der Waals surface area contributed by atoms with Gasteiger partial charge in [-0.1, -0.05) is 35.9 Å². The molecule has 0 unspecified atom stereocenters. The Kier molecular flexibility index (Phi) is 5.66. The van der Waals surface area contributed by atoms with Crippen LogP contribution < -0.4 is 10.6 Å². The molecule has 3 aromatic rings. The number of carbonyl (C=O) groups is 1. The first-order valence-corrected chi connectivity index (χ1v) is 8.71. The zero-order valence-electron chi connectivity index (χ0n) is 14.9. The number of nitrogens with one attached hydrogen (secondary N) is 2. The highest BCUT2D eigenvalue weighted by Gasteiger charge is 2.13. The summed E-state index contributed by atoms with van der Waals surface area (Å²) in [6.45, 7) is 3.76. The first kappa shape index (κ1) is 18.8. The molecule has 27 heavy (non-hydrogen) atoms. The van der Waals surface area contributed by atoms with Crippen molar-refractivity contribution in [1.29, 1.82) is 0 Å². The second kappa shape index (κ2) is 8.14. The average molecular weight is 385 g/mol. The second-order valence-electron chi connectivity index (χ2n) is 6.00. The maximum Gasteiger partial charge on any atom is 0.274 e. The third kappa shape index (κ3) is 4.60. The molecule has 1 amide bonds. The van der Waals surface area contributed by atoms with Crippen LogP contribution in [0.25, 0.3) is 0 Å². The van der Waals surface area contributed by atoms with Gasteiger partial charge in [0.15, 0.2) is 0 Å². The fourth-order valence-corrected chi connectivity index (χ4v) is 2.71. The van der Waals surface area contributed by atoms with Crippen molar-refractivity contribution >= 4 is 29.0 Å². The number of rotatable bonds is 5. The lowest BCUT2D eigenvalue weighted by Gasteiger charge is -2.11. The Hall–Kier alpha value is -2.99. The van der Waals surface area contributed by atoms with Crippen LogP contribution in [0.3, 0.4) is 0 Å². The minimum atomic E-state index is -0.375. The van der Waals surface area contributed by atoms with Gasteiger partial charge in [-0.3, -0.25) is 4.79 Å². The zero-order chi connectivity index (χ0) is 19.4. The number of anilines is 2. The van der Waals surface area contributed by atoms with Crippen molar-refractivity contribution in [2.24, 2.45) is 0 Å². The number of aromatic nitrogens is 2. The van der Waals surface area contributed by atoms with E-state index in [1.54, 1.807) is 43.3 Å². The number of carbonyl (C=O) groups excluding carboxylic acids is 1. The molecule has 0 saturated carbocycles. The number of aryl methyl sites for hydroxylation is 1. The summed E-state index contributed by atoms with van der Waals surface area (Å²) in [5.74, 6) is 0.199. The molecule has 0 spiro atoms. The molecule has 7 heteroatoms. The van der Waals surface area contributed by atoms with E-state index in [1.807, 2.05) is 6.92 Å². The van der Waals surface area contributed by atoms with Crippen molar-refractivity contribution in [2.45, 2.75) is 20.4 Å². The van der Waals surface area contributed by atoms with Crippen LogP contribution in [0.1, 0.15) is 27.4 Å². The van der Waals surface area contributed by atoms with E-state index in [2.05, 4.69) is 20.6 Å². The molecule has 0 fully saturated rings. The molecule has 5 nitrogen and oxygen atoms in total. The fraction of sp³-hybridized carbons (Fsp3) is 0.150. The predicted molar refractivity (Wildman–Crippen MR) is 105 cm³/mol. The monoisotopic (exact) mass is 384 g/mol. The highest BCUT2D eigenvalue weighted by atomic mass is 35.5. The van der Waals surface area contributed by atoms with Crippen LogP contribution in [0.5, 0.6) is 0 Å². The lowest BCUT2D eigenvalue weighted by atomic mass is 10.2. The Balaban J connectivity index is 1.77. The minimum Gasteiger partial charge on any atom is -0.366 e. The molecule has 1 heterocycles. The number of hydrogen-bond acceptors (Lipinski definition) is 4. The molecule has 3 rings (SSSR count). The highest BCUT2D eigenvalue weighted by Crippen LogP contribution is 2.23. The normalized spacial score (nSPS) is 10.5. The maximum absolute atomic E-state index is 13.7. The van der Waals surface area contributed by atoms with Crippen LogP contribution in [-0.2, 0) is 6.54 Å². The van der Waals surface area contributed by atoms with Crippen molar-refractivity contribution in [3.63, 3.8) is 0 Å². The number of halogens is 2. The summed E-state index contributed by atoms with van der Waals surface area (Å²) < 4.78 is 13.7. The van der Waals surface area contributed by atoms with E-state index in [9.17, 15) is 9.18 Å². The molecule has 0 saturated heterocycles. The maximum atomic E-state index is 13.7. The van der Waals surface area contributed by atoms with E-state index in [0.717, 1.165) is 5.56 Å². The summed E-state index contributed by atoms with van der Waals surface area (Å²) in [6, 6.07) is 13.3. The van der Waals surface area contributed by atoms with Crippen molar-refractivity contribution in [3.05, 3.63) is 82.0 Å². The van der Waals surface area contributed by atoms with Crippen LogP contribution in [0.2, 0.25) is 5.02 Å². The predicted octanol–water partition coefficient (Wildman–Crippen LogP) is 4.75. The number of hydrogen-bond donors (Lipinski definition) is 2. The Bertz CT molecular complexity index is 993. The quantitative estimate of drug-likeness (QED) is 0.666. The SMILES string of the molecule is Cc1nc(NCc2ccccc2F)cc(C(=O)Nc2cccc(Cl)c2C)n1. The Labute approximate surface area is 161 Å². The summed E-state index contributed by atoms with van der Waals surface area (Å²) in [7, 11) is 0. The van der Waals surface area contributed by atoms with Gasteiger partial charge in [0.25, 0.3) is 5.91 Å². The third-order valence-electron chi connectivity index (χ3n) is 4.00. The largest absolute Gasteiger partial charge is 0.366 e. The summed E-state index contributed by atoms with van der Waals surface area (Å²) >= 11 is 6.09. The minimum absolute atomic E-state index is 0.206. The van der Waals surface area contributed by atoms with Crippen molar-refractivity contribution < 1.29 is 9.18 Å². The van der Waals surface area contributed by atoms with E-state index < -0.39 is 0 Å². The topological polar surface area (TPSA) is 66.9 Å². The van der Waals surface area contributed by atoms with Crippen molar-refractivity contribution in [2.75, 3.05) is 10.6 Å². The molecule has 2 N–H and O–H groups in total. The van der Waals surface area contributed by atoms with E-state index in [1.165, 1.54) is 12.1 Å². The van der Waals surface area contributed by atoms with Crippen molar-refractivity contribution in [3.8, 4) is 0 Å². The number of nitrogens with zero attached hydrogens (tertiary/aromatic N) is 2. The molecule has 0 atom stereocenters. The van der Waals surface area contributed by atoms with Gasteiger partial charge in [0.05, 0.1) is 0 Å². The van der Waals surface area contributed by atoms with Gasteiger partial charge < -0.3 is 10.6 Å². The summed E-state index contributed by atoms with van der Waals surface area (Å²) in [5.41, 5.74) is 2.10. The lowest BCUT2D eigenvalue weighted by Crippen LogP contribution is -2.16. The Morgan fingerprint density at radius 1 is 1.11 bits per heavy atom. The average Bonchev–Trinajstić information content (AvgIpc) is 2.64. The Morgan fingerprint density at radius 3 is 2.67 bits per heavy atom. The van der Waals surface area contributed by atoms with Gasteiger partial charge in [-0.15, -0.1) is 0 Å². The van der Waals surface area contributed by atoms with E-state index in [0.29, 0.717) is 27.9 Å².